The van der Waals surface area contributed by atoms with Crippen LogP contribution in [0.5, 0.6) is 5.75 Å². The molecule has 0 saturated carbocycles. The van der Waals surface area contributed by atoms with Crippen molar-refractivity contribution in [2.75, 3.05) is 74.2 Å². The molecule has 34 heavy (non-hydrogen) atoms. The molecule has 0 aliphatic rings. The maximum atomic E-state index is 13.0. The summed E-state index contributed by atoms with van der Waals surface area (Å²) in [6.07, 6.45) is 0. The first kappa shape index (κ1) is 26.8. The number of amidine groups is 1. The van der Waals surface area contributed by atoms with Crippen molar-refractivity contribution in [2.45, 2.75) is 27.7 Å². The summed E-state index contributed by atoms with van der Waals surface area (Å²) < 4.78 is 11.3. The molecule has 0 saturated heterocycles. The molecule has 0 spiro atoms. The Morgan fingerprint density at radius 2 is 1.50 bits per heavy atom. The van der Waals surface area contributed by atoms with Gasteiger partial charge in [0.2, 0.25) is 5.84 Å². The molecular weight excluding hydrogens is 430 g/mol. The van der Waals surface area contributed by atoms with Crippen molar-refractivity contribution in [3.05, 3.63) is 42.5 Å². The maximum absolute atomic E-state index is 13.0. The van der Waals surface area contributed by atoms with E-state index < -0.39 is 5.97 Å². The highest BCUT2D eigenvalue weighted by molar-refractivity contribution is 6.41. The van der Waals surface area contributed by atoms with E-state index >= 15 is 0 Å². The highest BCUT2D eigenvalue weighted by atomic mass is 16.5. The molecule has 0 aliphatic heterocycles. The van der Waals surface area contributed by atoms with Crippen LogP contribution in [0.2, 0.25) is 0 Å². The van der Waals surface area contributed by atoms with Crippen LogP contribution in [0.1, 0.15) is 27.7 Å². The highest BCUT2D eigenvalue weighted by Gasteiger charge is 2.24. The predicted molar refractivity (Wildman–Crippen MR) is 143 cm³/mol. The molecule has 2 aromatic carbocycles. The minimum Gasteiger partial charge on any atom is -0.492 e. The third kappa shape index (κ3) is 6.34. The summed E-state index contributed by atoms with van der Waals surface area (Å²) in [5.41, 5.74) is 3.64. The van der Waals surface area contributed by atoms with Crippen molar-refractivity contribution in [2.24, 2.45) is 5.10 Å². The quantitative estimate of drug-likeness (QED) is 0.221. The van der Waals surface area contributed by atoms with Crippen molar-refractivity contribution in [1.29, 1.82) is 0 Å². The van der Waals surface area contributed by atoms with Gasteiger partial charge in [0.15, 0.2) is 0 Å². The van der Waals surface area contributed by atoms with Crippen molar-refractivity contribution in [1.82, 2.24) is 0 Å². The van der Waals surface area contributed by atoms with E-state index in [1.165, 1.54) is 0 Å². The predicted octanol–water partition coefficient (Wildman–Crippen LogP) is 4.45. The first-order valence-corrected chi connectivity index (χ1v) is 11.8. The van der Waals surface area contributed by atoms with Gasteiger partial charge >= 0.3 is 5.97 Å². The summed E-state index contributed by atoms with van der Waals surface area (Å²) in [5, 5.41) is 6.35. The Labute approximate surface area is 204 Å². The lowest BCUT2D eigenvalue weighted by molar-refractivity contribution is -0.135. The van der Waals surface area contributed by atoms with Gasteiger partial charge in [0.25, 0.3) is 0 Å². The average Bonchev–Trinajstić information content (AvgIpc) is 2.83. The number of carbonyl (C=O) groups is 1. The summed E-state index contributed by atoms with van der Waals surface area (Å²) in [7, 11) is 7.55. The van der Waals surface area contributed by atoms with Crippen molar-refractivity contribution in [3.63, 3.8) is 0 Å². The Bertz CT molecular complexity index is 973. The second-order valence-corrected chi connectivity index (χ2v) is 7.87. The summed E-state index contributed by atoms with van der Waals surface area (Å²) in [6.45, 7) is 10.6. The monoisotopic (exact) mass is 469 g/mol. The molecule has 0 aromatic heterocycles. The molecule has 0 unspecified atom stereocenters. The number of para-hydroxylation sites is 2. The lowest BCUT2D eigenvalue weighted by Crippen LogP contribution is -2.37. The molecule has 2 rings (SSSR count). The van der Waals surface area contributed by atoms with Crippen LogP contribution in [0.3, 0.4) is 0 Å². The molecule has 0 aliphatic carbocycles. The number of anilines is 4. The number of esters is 1. The Hall–Kier alpha value is -3.42. The minimum absolute atomic E-state index is 0.175. The molecule has 0 heterocycles. The highest BCUT2D eigenvalue weighted by Crippen LogP contribution is 2.33. The number of nitrogens with zero attached hydrogens (tertiary/aromatic N) is 5. The molecule has 0 fully saturated rings. The second kappa shape index (κ2) is 12.7. The van der Waals surface area contributed by atoms with Crippen LogP contribution in [0.4, 0.5) is 22.7 Å². The fraction of sp³-hybridized carbons (Fsp3) is 0.462. The van der Waals surface area contributed by atoms with Gasteiger partial charge in [-0.15, -0.1) is 5.10 Å². The Balaban J connectivity index is 2.54. The van der Waals surface area contributed by atoms with E-state index in [1.807, 2.05) is 75.4 Å². The molecule has 0 atom stereocenters. The largest absolute Gasteiger partial charge is 0.492 e. The normalized spacial score (nSPS) is 11.1. The van der Waals surface area contributed by atoms with E-state index in [9.17, 15) is 4.79 Å². The van der Waals surface area contributed by atoms with Crippen LogP contribution < -0.4 is 24.4 Å². The van der Waals surface area contributed by atoms with E-state index in [0.29, 0.717) is 12.4 Å². The second-order valence-electron chi connectivity index (χ2n) is 7.87. The van der Waals surface area contributed by atoms with Gasteiger partial charge < -0.3 is 24.2 Å². The SMILES string of the molecule is CCOC(=O)/C(=N\N(C)c1ccc(N(CC)CC)cc1OCC)N(C)c1ccccc1N(C)C. The fourth-order valence-electron chi connectivity index (χ4n) is 3.70. The van der Waals surface area contributed by atoms with Crippen LogP contribution in [0.15, 0.2) is 47.6 Å². The maximum Gasteiger partial charge on any atom is 0.376 e. The van der Waals surface area contributed by atoms with Crippen LogP contribution in [0.25, 0.3) is 0 Å². The molecule has 8 heteroatoms. The molecule has 0 N–H and O–H groups in total. The summed E-state index contributed by atoms with van der Waals surface area (Å²) in [4.78, 5) is 19.0. The van der Waals surface area contributed by atoms with Gasteiger partial charge in [-0.25, -0.2) is 4.79 Å². The number of carbonyl (C=O) groups excluding carboxylic acids is 1. The lowest BCUT2D eigenvalue weighted by Gasteiger charge is -2.27. The molecule has 0 amide bonds. The zero-order valence-electron chi connectivity index (χ0n) is 21.8. The number of benzene rings is 2. The number of ether oxygens (including phenoxy) is 2. The van der Waals surface area contributed by atoms with Gasteiger partial charge in [0.1, 0.15) is 11.4 Å². The van der Waals surface area contributed by atoms with Crippen LogP contribution in [-0.2, 0) is 9.53 Å². The molecular formula is C26H39N5O3. The number of hydrogen-bond acceptors (Lipinski definition) is 7. The van der Waals surface area contributed by atoms with Gasteiger partial charge in [-0.1, -0.05) is 12.1 Å². The fourth-order valence-corrected chi connectivity index (χ4v) is 3.70. The molecule has 8 nitrogen and oxygen atoms in total. The number of hydrogen-bond donors (Lipinski definition) is 0. The summed E-state index contributed by atoms with van der Waals surface area (Å²) in [6, 6.07) is 13.9. The first-order chi connectivity index (χ1) is 16.3. The standard InChI is InChI=1S/C26H39N5O3/c1-9-31(10-2)20-17-18-23(24(19-20)33-11-3)30(8)27-25(26(32)34-12-4)29(7)22-16-14-13-15-21(22)28(5)6/h13-19H,9-12H2,1-8H3/b27-25+. The van der Waals surface area contributed by atoms with E-state index in [1.54, 1.807) is 23.9 Å². The Kier molecular flexibility index (Phi) is 10.0. The molecule has 186 valence electrons. The first-order valence-electron chi connectivity index (χ1n) is 11.8. The van der Waals surface area contributed by atoms with E-state index in [0.717, 1.165) is 35.8 Å². The third-order valence-corrected chi connectivity index (χ3v) is 5.47. The van der Waals surface area contributed by atoms with E-state index in [-0.39, 0.29) is 12.4 Å². The van der Waals surface area contributed by atoms with Crippen molar-refractivity contribution >= 4 is 34.6 Å². The van der Waals surface area contributed by atoms with E-state index in [4.69, 9.17) is 9.47 Å². The summed E-state index contributed by atoms with van der Waals surface area (Å²) in [5.74, 6) is 0.384. The lowest BCUT2D eigenvalue weighted by atomic mass is 10.2. The van der Waals surface area contributed by atoms with Gasteiger partial charge in [-0.3, -0.25) is 5.01 Å². The topological polar surface area (TPSA) is 60.9 Å². The van der Waals surface area contributed by atoms with Crippen LogP contribution in [-0.4, -0.2) is 66.3 Å². The Morgan fingerprint density at radius 3 is 2.06 bits per heavy atom. The number of rotatable bonds is 10. The molecule has 2 aromatic rings. The zero-order valence-corrected chi connectivity index (χ0v) is 21.8. The smallest absolute Gasteiger partial charge is 0.376 e. The van der Waals surface area contributed by atoms with Gasteiger partial charge in [-0.2, -0.15) is 0 Å². The third-order valence-electron chi connectivity index (χ3n) is 5.47. The minimum atomic E-state index is -0.497. The van der Waals surface area contributed by atoms with Gasteiger partial charge in [0, 0.05) is 53.0 Å². The number of likely N-dealkylation sites (N-methyl/N-ethyl adjacent to an activating group) is 1. The Morgan fingerprint density at radius 1 is 0.853 bits per heavy atom. The summed E-state index contributed by atoms with van der Waals surface area (Å²) >= 11 is 0. The van der Waals surface area contributed by atoms with E-state index in [2.05, 4.69) is 23.8 Å². The molecule has 0 bridgehead atoms. The van der Waals surface area contributed by atoms with Crippen LogP contribution >= 0.6 is 0 Å². The van der Waals surface area contributed by atoms with Gasteiger partial charge in [-0.05, 0) is 52.0 Å². The van der Waals surface area contributed by atoms with Gasteiger partial charge in [0.05, 0.1) is 24.6 Å². The molecule has 0 radical (unpaired) electrons. The number of hydrazone groups is 1. The van der Waals surface area contributed by atoms with Crippen molar-refractivity contribution < 1.29 is 14.3 Å². The average molecular weight is 470 g/mol. The van der Waals surface area contributed by atoms with Crippen molar-refractivity contribution in [3.8, 4) is 5.75 Å². The zero-order chi connectivity index (χ0) is 25.3. The van der Waals surface area contributed by atoms with Crippen LogP contribution in [0, 0.1) is 0 Å².